The van der Waals surface area contributed by atoms with Crippen LogP contribution >= 0.6 is 0 Å². The Labute approximate surface area is 152 Å². The molecule has 1 N–H and O–H groups in total. The molecule has 0 aromatic heterocycles. The van der Waals surface area contributed by atoms with Gasteiger partial charge in [-0.25, -0.2) is 8.78 Å². The second kappa shape index (κ2) is 7.16. The molecule has 3 nitrogen and oxygen atoms in total. The molecular weight excluding hydrogens is 334 g/mol. The van der Waals surface area contributed by atoms with Crippen LogP contribution in [0.1, 0.15) is 36.4 Å². The molecule has 0 aliphatic carbocycles. The lowest BCUT2D eigenvalue weighted by atomic mass is 9.93. The van der Waals surface area contributed by atoms with Crippen molar-refractivity contribution < 1.29 is 13.6 Å². The predicted molar refractivity (Wildman–Crippen MR) is 95.2 cm³/mol. The van der Waals surface area contributed by atoms with Gasteiger partial charge < -0.3 is 5.32 Å². The van der Waals surface area contributed by atoms with E-state index in [2.05, 4.69) is 22.3 Å². The Balaban J connectivity index is 1.46. The molecule has 2 saturated heterocycles. The van der Waals surface area contributed by atoms with Crippen LogP contribution in [-0.4, -0.2) is 23.4 Å². The van der Waals surface area contributed by atoms with Crippen LogP contribution in [0.15, 0.2) is 48.5 Å². The summed E-state index contributed by atoms with van der Waals surface area (Å²) in [7, 11) is 0. The van der Waals surface area contributed by atoms with E-state index in [1.807, 2.05) is 18.2 Å². The fourth-order valence-corrected chi connectivity index (χ4v) is 4.48. The van der Waals surface area contributed by atoms with Crippen molar-refractivity contribution in [2.75, 3.05) is 6.54 Å². The molecule has 1 amide bonds. The van der Waals surface area contributed by atoms with Crippen LogP contribution in [0.3, 0.4) is 0 Å². The Morgan fingerprint density at radius 1 is 1.12 bits per heavy atom. The van der Waals surface area contributed by atoms with E-state index in [0.29, 0.717) is 5.56 Å². The molecule has 26 heavy (non-hydrogen) atoms. The molecule has 2 aromatic carbocycles. The summed E-state index contributed by atoms with van der Waals surface area (Å²) in [5.41, 5.74) is 1.69. The summed E-state index contributed by atoms with van der Waals surface area (Å²) < 4.78 is 26.6. The SMILES string of the molecule is O=C(NCc1cc(F)cc(F)c1)[C@@H]1C[C@H](c2ccccc2)N2CCC[C@@H]12. The second-order valence-electron chi connectivity index (χ2n) is 7.21. The Kier molecular flexibility index (Phi) is 4.72. The van der Waals surface area contributed by atoms with E-state index in [1.54, 1.807) is 0 Å². The van der Waals surface area contributed by atoms with Crippen LogP contribution < -0.4 is 5.32 Å². The highest BCUT2D eigenvalue weighted by molar-refractivity contribution is 5.80. The molecule has 2 aliphatic rings. The van der Waals surface area contributed by atoms with Gasteiger partial charge in [0, 0.05) is 24.7 Å². The zero-order chi connectivity index (χ0) is 18.1. The largest absolute Gasteiger partial charge is 0.352 e. The first-order valence-electron chi connectivity index (χ1n) is 9.15. The lowest BCUT2D eigenvalue weighted by molar-refractivity contribution is -0.125. The number of rotatable bonds is 4. The molecule has 0 unspecified atom stereocenters. The fourth-order valence-electron chi connectivity index (χ4n) is 4.48. The minimum absolute atomic E-state index is 0.0231. The van der Waals surface area contributed by atoms with Crippen molar-refractivity contribution in [3.05, 3.63) is 71.3 Å². The van der Waals surface area contributed by atoms with Crippen LogP contribution in [0.25, 0.3) is 0 Å². The van der Waals surface area contributed by atoms with Gasteiger partial charge in [-0.1, -0.05) is 30.3 Å². The Hall–Kier alpha value is -2.27. The minimum Gasteiger partial charge on any atom is -0.352 e. The first-order valence-corrected chi connectivity index (χ1v) is 9.15. The third kappa shape index (κ3) is 3.36. The highest BCUT2D eigenvalue weighted by Crippen LogP contribution is 2.44. The topological polar surface area (TPSA) is 32.3 Å². The monoisotopic (exact) mass is 356 g/mol. The number of hydrogen-bond acceptors (Lipinski definition) is 2. The van der Waals surface area contributed by atoms with Crippen molar-refractivity contribution in [2.45, 2.75) is 37.9 Å². The zero-order valence-electron chi connectivity index (χ0n) is 14.5. The summed E-state index contributed by atoms with van der Waals surface area (Å²) in [6, 6.07) is 14.2. The van der Waals surface area contributed by atoms with E-state index in [-0.39, 0.29) is 30.5 Å². The van der Waals surface area contributed by atoms with Crippen LogP contribution in [0, 0.1) is 17.6 Å². The number of benzene rings is 2. The highest BCUT2D eigenvalue weighted by atomic mass is 19.1. The van der Waals surface area contributed by atoms with Crippen LogP contribution in [0.4, 0.5) is 8.78 Å². The number of nitrogens with zero attached hydrogens (tertiary/aromatic N) is 1. The van der Waals surface area contributed by atoms with Gasteiger partial charge in [0.05, 0.1) is 5.92 Å². The molecule has 2 fully saturated rings. The van der Waals surface area contributed by atoms with Crippen LogP contribution in [0.5, 0.6) is 0 Å². The zero-order valence-corrected chi connectivity index (χ0v) is 14.5. The van der Waals surface area contributed by atoms with Gasteiger partial charge >= 0.3 is 0 Å². The number of hydrogen-bond donors (Lipinski definition) is 1. The summed E-state index contributed by atoms with van der Waals surface area (Å²) in [4.78, 5) is 15.2. The number of amides is 1. The summed E-state index contributed by atoms with van der Waals surface area (Å²) in [6.45, 7) is 1.16. The molecule has 4 rings (SSSR count). The van der Waals surface area contributed by atoms with Gasteiger partial charge in [0.25, 0.3) is 0 Å². The number of halogens is 2. The third-order valence-corrected chi connectivity index (χ3v) is 5.59. The van der Waals surface area contributed by atoms with E-state index >= 15 is 0 Å². The molecule has 0 spiro atoms. The van der Waals surface area contributed by atoms with Crippen molar-refractivity contribution in [1.29, 1.82) is 0 Å². The molecule has 2 heterocycles. The molecule has 3 atom stereocenters. The number of nitrogens with one attached hydrogen (secondary N) is 1. The van der Waals surface area contributed by atoms with Crippen molar-refractivity contribution in [1.82, 2.24) is 10.2 Å². The average Bonchev–Trinajstić information content (AvgIpc) is 3.22. The Morgan fingerprint density at radius 2 is 1.85 bits per heavy atom. The van der Waals surface area contributed by atoms with Crippen LogP contribution in [0.2, 0.25) is 0 Å². The molecule has 0 bridgehead atoms. The highest BCUT2D eigenvalue weighted by Gasteiger charge is 2.46. The summed E-state index contributed by atoms with van der Waals surface area (Å²) in [6.07, 6.45) is 2.92. The predicted octanol–water partition coefficient (Wildman–Crippen LogP) is 3.81. The number of fused-ring (bicyclic) bond motifs is 1. The number of carbonyl (C=O) groups excluding carboxylic acids is 1. The van der Waals surface area contributed by atoms with Gasteiger partial charge in [0.1, 0.15) is 11.6 Å². The molecule has 5 heteroatoms. The quantitative estimate of drug-likeness (QED) is 0.904. The molecule has 2 aliphatic heterocycles. The van der Waals surface area contributed by atoms with E-state index < -0.39 is 11.6 Å². The van der Waals surface area contributed by atoms with Crippen LogP contribution in [-0.2, 0) is 11.3 Å². The smallest absolute Gasteiger partial charge is 0.225 e. The van der Waals surface area contributed by atoms with Crippen molar-refractivity contribution >= 4 is 5.91 Å². The molecule has 2 aromatic rings. The van der Waals surface area contributed by atoms with E-state index in [4.69, 9.17) is 0 Å². The summed E-state index contributed by atoms with van der Waals surface area (Å²) >= 11 is 0. The third-order valence-electron chi connectivity index (χ3n) is 5.59. The van der Waals surface area contributed by atoms with Gasteiger partial charge in [-0.15, -0.1) is 0 Å². The lowest BCUT2D eigenvalue weighted by Gasteiger charge is -2.24. The van der Waals surface area contributed by atoms with Gasteiger partial charge in [0.15, 0.2) is 0 Å². The maximum absolute atomic E-state index is 13.3. The number of carbonyl (C=O) groups is 1. The van der Waals surface area contributed by atoms with Gasteiger partial charge in [-0.2, -0.15) is 0 Å². The summed E-state index contributed by atoms with van der Waals surface area (Å²) in [5, 5.41) is 2.88. The lowest BCUT2D eigenvalue weighted by Crippen LogP contribution is -2.37. The Morgan fingerprint density at radius 3 is 2.58 bits per heavy atom. The van der Waals surface area contributed by atoms with E-state index in [1.165, 1.54) is 17.7 Å². The van der Waals surface area contributed by atoms with Gasteiger partial charge in [-0.3, -0.25) is 9.69 Å². The fraction of sp³-hybridized carbons (Fsp3) is 0.381. The first kappa shape index (κ1) is 17.2. The molecular formula is C21H22F2N2O. The summed E-state index contributed by atoms with van der Waals surface area (Å²) in [5.74, 6) is -1.35. The van der Waals surface area contributed by atoms with Crippen molar-refractivity contribution in [3.8, 4) is 0 Å². The second-order valence-corrected chi connectivity index (χ2v) is 7.21. The first-order chi connectivity index (χ1) is 12.6. The molecule has 0 radical (unpaired) electrons. The van der Waals surface area contributed by atoms with E-state index in [9.17, 15) is 13.6 Å². The maximum atomic E-state index is 13.3. The molecule has 0 saturated carbocycles. The minimum atomic E-state index is -0.624. The Bertz CT molecular complexity index is 776. The van der Waals surface area contributed by atoms with E-state index in [0.717, 1.165) is 31.9 Å². The molecule has 136 valence electrons. The maximum Gasteiger partial charge on any atom is 0.225 e. The van der Waals surface area contributed by atoms with Crippen molar-refractivity contribution in [2.24, 2.45) is 5.92 Å². The standard InChI is InChI=1S/C21H22F2N2O/c22-16-9-14(10-17(23)11-16)13-24-21(26)18-12-20(15-5-2-1-3-6-15)25-8-4-7-19(18)25/h1-3,5-6,9-11,18-20H,4,7-8,12-13H2,(H,24,26)/t18-,19+,20-/m1/s1. The average molecular weight is 356 g/mol. The van der Waals surface area contributed by atoms with Gasteiger partial charge in [0.2, 0.25) is 5.91 Å². The van der Waals surface area contributed by atoms with Crippen molar-refractivity contribution in [3.63, 3.8) is 0 Å². The normalized spacial score (nSPS) is 25.2. The van der Waals surface area contributed by atoms with Gasteiger partial charge in [-0.05, 0) is 49.1 Å².